The van der Waals surface area contributed by atoms with Crippen molar-refractivity contribution in [1.82, 2.24) is 10.6 Å². The molecule has 2 aromatic carbocycles. The molecule has 0 spiro atoms. The van der Waals surface area contributed by atoms with Gasteiger partial charge in [0.1, 0.15) is 0 Å². The Morgan fingerprint density at radius 2 is 1.64 bits per heavy atom. The Morgan fingerprint density at radius 1 is 1.00 bits per heavy atom. The molecule has 0 heterocycles. The van der Waals surface area contributed by atoms with Crippen LogP contribution in [0.4, 0.5) is 0 Å². The summed E-state index contributed by atoms with van der Waals surface area (Å²) in [5.41, 5.74) is 2.75. The van der Waals surface area contributed by atoms with Gasteiger partial charge < -0.3 is 10.6 Å². The van der Waals surface area contributed by atoms with Gasteiger partial charge in [0.25, 0.3) is 5.91 Å². The normalized spacial score (nSPS) is 11.5. The highest BCUT2D eigenvalue weighted by atomic mass is 16.2. The average molecular weight is 296 g/mol. The van der Waals surface area contributed by atoms with Gasteiger partial charge in [0.05, 0.1) is 12.6 Å². The lowest BCUT2D eigenvalue weighted by atomic mass is 10.0. The highest BCUT2D eigenvalue weighted by Crippen LogP contribution is 2.16. The quantitative estimate of drug-likeness (QED) is 0.891. The average Bonchev–Trinajstić information content (AvgIpc) is 2.53. The molecule has 114 valence electrons. The van der Waals surface area contributed by atoms with Gasteiger partial charge in [-0.15, -0.1) is 0 Å². The molecule has 4 heteroatoms. The number of nitrogens with one attached hydrogen (secondary N) is 2. The Bertz CT molecular complexity index is 653. The van der Waals surface area contributed by atoms with Gasteiger partial charge in [-0.2, -0.15) is 0 Å². The maximum atomic E-state index is 11.9. The second kappa shape index (κ2) is 7.41. The van der Waals surface area contributed by atoms with Crippen LogP contribution in [0.2, 0.25) is 0 Å². The molecule has 1 unspecified atom stereocenters. The number of hydrogen-bond donors (Lipinski definition) is 2. The van der Waals surface area contributed by atoms with E-state index in [2.05, 4.69) is 10.6 Å². The molecule has 0 saturated heterocycles. The van der Waals surface area contributed by atoms with E-state index >= 15 is 0 Å². The standard InChI is InChI=1S/C18H20N2O2/c1-13-8-6-7-11-16(13)14(2)20-17(21)12-19-18(22)15-9-4-3-5-10-15/h3-11,14H,12H2,1-2H3,(H,19,22)(H,20,21). The molecule has 0 radical (unpaired) electrons. The molecule has 0 bridgehead atoms. The second-order valence-corrected chi connectivity index (χ2v) is 5.19. The van der Waals surface area contributed by atoms with Crippen LogP contribution in [0.5, 0.6) is 0 Å². The van der Waals surface area contributed by atoms with E-state index in [9.17, 15) is 9.59 Å². The van der Waals surface area contributed by atoms with Crippen LogP contribution in [-0.4, -0.2) is 18.4 Å². The Kier molecular flexibility index (Phi) is 5.31. The molecule has 0 saturated carbocycles. The first-order valence-electron chi connectivity index (χ1n) is 7.26. The summed E-state index contributed by atoms with van der Waals surface area (Å²) < 4.78 is 0. The molecule has 0 aliphatic carbocycles. The zero-order valence-electron chi connectivity index (χ0n) is 12.8. The zero-order valence-corrected chi connectivity index (χ0v) is 12.8. The van der Waals surface area contributed by atoms with Gasteiger partial charge in [-0.25, -0.2) is 0 Å². The van der Waals surface area contributed by atoms with Crippen molar-refractivity contribution in [2.75, 3.05) is 6.54 Å². The van der Waals surface area contributed by atoms with Gasteiger partial charge >= 0.3 is 0 Å². The van der Waals surface area contributed by atoms with Gasteiger partial charge in [-0.3, -0.25) is 9.59 Å². The first kappa shape index (κ1) is 15.8. The fourth-order valence-electron chi connectivity index (χ4n) is 2.30. The van der Waals surface area contributed by atoms with Crippen LogP contribution in [0.1, 0.15) is 34.5 Å². The van der Waals surface area contributed by atoms with Crippen molar-refractivity contribution < 1.29 is 9.59 Å². The summed E-state index contributed by atoms with van der Waals surface area (Å²) in [5.74, 6) is -0.459. The lowest BCUT2D eigenvalue weighted by Gasteiger charge is -2.16. The van der Waals surface area contributed by atoms with Crippen molar-refractivity contribution in [3.8, 4) is 0 Å². The predicted molar refractivity (Wildman–Crippen MR) is 86.5 cm³/mol. The summed E-state index contributed by atoms with van der Waals surface area (Å²) in [6.45, 7) is 3.90. The summed E-state index contributed by atoms with van der Waals surface area (Å²) in [6, 6.07) is 16.7. The highest BCUT2D eigenvalue weighted by Gasteiger charge is 2.12. The second-order valence-electron chi connectivity index (χ2n) is 5.19. The lowest BCUT2D eigenvalue weighted by Crippen LogP contribution is -2.38. The van der Waals surface area contributed by atoms with Crippen LogP contribution in [-0.2, 0) is 4.79 Å². The van der Waals surface area contributed by atoms with Crippen LogP contribution in [0, 0.1) is 6.92 Å². The Balaban J connectivity index is 1.86. The van der Waals surface area contributed by atoms with Crippen LogP contribution in [0.3, 0.4) is 0 Å². The lowest BCUT2D eigenvalue weighted by molar-refractivity contribution is -0.120. The molecule has 4 nitrogen and oxygen atoms in total. The molecule has 2 aromatic rings. The van der Waals surface area contributed by atoms with Crippen molar-refractivity contribution >= 4 is 11.8 Å². The van der Waals surface area contributed by atoms with E-state index in [1.54, 1.807) is 24.3 Å². The molecule has 2 amide bonds. The van der Waals surface area contributed by atoms with E-state index < -0.39 is 0 Å². The third-order valence-electron chi connectivity index (χ3n) is 3.48. The van der Waals surface area contributed by atoms with E-state index in [1.165, 1.54) is 0 Å². The van der Waals surface area contributed by atoms with Crippen molar-refractivity contribution in [2.45, 2.75) is 19.9 Å². The Morgan fingerprint density at radius 3 is 2.32 bits per heavy atom. The molecule has 0 aromatic heterocycles. The molecule has 0 aliphatic heterocycles. The number of hydrogen-bond acceptors (Lipinski definition) is 2. The predicted octanol–water partition coefficient (Wildman–Crippen LogP) is 2.60. The van der Waals surface area contributed by atoms with E-state index in [4.69, 9.17) is 0 Å². The number of carbonyl (C=O) groups excluding carboxylic acids is 2. The van der Waals surface area contributed by atoms with Gasteiger partial charge in [0.2, 0.25) is 5.91 Å². The van der Waals surface area contributed by atoms with Gasteiger partial charge in [0.15, 0.2) is 0 Å². The minimum atomic E-state index is -0.251. The summed E-state index contributed by atoms with van der Waals surface area (Å²) in [4.78, 5) is 23.8. The Labute approximate surface area is 130 Å². The molecule has 2 N–H and O–H groups in total. The van der Waals surface area contributed by atoms with Crippen molar-refractivity contribution in [3.05, 3.63) is 71.3 Å². The maximum absolute atomic E-state index is 11.9. The van der Waals surface area contributed by atoms with Crippen LogP contribution < -0.4 is 10.6 Å². The minimum Gasteiger partial charge on any atom is -0.348 e. The Hall–Kier alpha value is -2.62. The smallest absolute Gasteiger partial charge is 0.251 e. The summed E-state index contributed by atoms with van der Waals surface area (Å²) >= 11 is 0. The summed E-state index contributed by atoms with van der Waals surface area (Å²) in [6.07, 6.45) is 0. The third kappa shape index (κ3) is 4.19. The van der Waals surface area contributed by atoms with Crippen molar-refractivity contribution in [1.29, 1.82) is 0 Å². The van der Waals surface area contributed by atoms with Gasteiger partial charge in [-0.1, -0.05) is 42.5 Å². The number of benzene rings is 2. The SMILES string of the molecule is Cc1ccccc1C(C)NC(=O)CNC(=O)c1ccccc1. The van der Waals surface area contributed by atoms with E-state index in [-0.39, 0.29) is 24.4 Å². The largest absolute Gasteiger partial charge is 0.348 e. The van der Waals surface area contributed by atoms with Gasteiger partial charge in [0, 0.05) is 5.56 Å². The monoisotopic (exact) mass is 296 g/mol. The zero-order chi connectivity index (χ0) is 15.9. The summed E-state index contributed by atoms with van der Waals surface area (Å²) in [7, 11) is 0. The molecular formula is C18H20N2O2. The van der Waals surface area contributed by atoms with E-state index in [0.29, 0.717) is 5.56 Å². The van der Waals surface area contributed by atoms with Crippen molar-refractivity contribution in [3.63, 3.8) is 0 Å². The molecule has 1 atom stereocenters. The molecular weight excluding hydrogens is 276 g/mol. The molecule has 2 rings (SSSR count). The van der Waals surface area contributed by atoms with E-state index in [1.807, 2.05) is 44.2 Å². The highest BCUT2D eigenvalue weighted by molar-refractivity contribution is 5.96. The third-order valence-corrected chi connectivity index (χ3v) is 3.48. The first-order chi connectivity index (χ1) is 10.6. The fourth-order valence-corrected chi connectivity index (χ4v) is 2.30. The number of rotatable bonds is 5. The van der Waals surface area contributed by atoms with Crippen LogP contribution in [0.25, 0.3) is 0 Å². The minimum absolute atomic E-state index is 0.0377. The molecule has 22 heavy (non-hydrogen) atoms. The summed E-state index contributed by atoms with van der Waals surface area (Å²) in [5, 5.41) is 5.51. The number of carbonyl (C=O) groups is 2. The number of aryl methyl sites for hydroxylation is 1. The van der Waals surface area contributed by atoms with Crippen LogP contribution in [0.15, 0.2) is 54.6 Å². The first-order valence-corrected chi connectivity index (χ1v) is 7.26. The van der Waals surface area contributed by atoms with E-state index in [0.717, 1.165) is 11.1 Å². The fraction of sp³-hybridized carbons (Fsp3) is 0.222. The number of amides is 2. The maximum Gasteiger partial charge on any atom is 0.251 e. The molecule has 0 fully saturated rings. The molecule has 0 aliphatic rings. The van der Waals surface area contributed by atoms with Crippen LogP contribution >= 0.6 is 0 Å². The topological polar surface area (TPSA) is 58.2 Å². The van der Waals surface area contributed by atoms with Crippen molar-refractivity contribution in [2.24, 2.45) is 0 Å². The van der Waals surface area contributed by atoms with Gasteiger partial charge in [-0.05, 0) is 37.1 Å².